The first-order valence-corrected chi connectivity index (χ1v) is 6.92. The number of nitrogens with zero attached hydrogens (tertiary/aromatic N) is 3. The lowest BCUT2D eigenvalue weighted by Gasteiger charge is -2.37. The van der Waals surface area contributed by atoms with E-state index in [1.807, 2.05) is 0 Å². The molecule has 0 spiro atoms. The Bertz CT molecular complexity index is 365. The minimum atomic E-state index is 0.787. The van der Waals surface area contributed by atoms with E-state index in [1.54, 1.807) is 0 Å². The molecular weight excluding hydrogens is 220 g/mol. The van der Waals surface area contributed by atoms with Crippen molar-refractivity contribution in [3.63, 3.8) is 0 Å². The lowest BCUT2D eigenvalue weighted by molar-refractivity contribution is 0.105. The van der Waals surface area contributed by atoms with Crippen LogP contribution in [0.3, 0.4) is 0 Å². The molecule has 0 aromatic carbocycles. The van der Waals surface area contributed by atoms with Crippen LogP contribution in [-0.2, 0) is 6.54 Å². The Balaban J connectivity index is 1.72. The van der Waals surface area contributed by atoms with Crippen molar-refractivity contribution in [2.45, 2.75) is 44.7 Å². The highest BCUT2D eigenvalue weighted by molar-refractivity contribution is 7.09. The SMILES string of the molecule is Nc1snnc1CN1CCCC2CCCC21. The summed E-state index contributed by atoms with van der Waals surface area (Å²) in [6, 6.07) is 0.787. The van der Waals surface area contributed by atoms with E-state index in [2.05, 4.69) is 14.5 Å². The minimum absolute atomic E-state index is 0.787. The average molecular weight is 238 g/mol. The van der Waals surface area contributed by atoms with Crippen molar-refractivity contribution in [1.29, 1.82) is 0 Å². The molecule has 2 heterocycles. The van der Waals surface area contributed by atoms with Gasteiger partial charge in [-0.25, -0.2) is 0 Å². The Labute approximate surface area is 100.0 Å². The van der Waals surface area contributed by atoms with Gasteiger partial charge in [0.25, 0.3) is 0 Å². The van der Waals surface area contributed by atoms with Crippen molar-refractivity contribution in [1.82, 2.24) is 14.5 Å². The number of piperidine rings is 1. The van der Waals surface area contributed by atoms with Crippen molar-refractivity contribution < 1.29 is 0 Å². The molecule has 1 aromatic heterocycles. The first-order valence-electron chi connectivity index (χ1n) is 6.15. The molecule has 16 heavy (non-hydrogen) atoms. The van der Waals surface area contributed by atoms with E-state index in [0.717, 1.165) is 29.2 Å². The maximum atomic E-state index is 5.86. The number of aromatic nitrogens is 2. The normalized spacial score (nSPS) is 30.5. The monoisotopic (exact) mass is 238 g/mol. The Morgan fingerprint density at radius 3 is 3.00 bits per heavy atom. The van der Waals surface area contributed by atoms with Crippen molar-refractivity contribution in [2.24, 2.45) is 5.92 Å². The summed E-state index contributed by atoms with van der Waals surface area (Å²) in [6.07, 6.45) is 6.94. The van der Waals surface area contributed by atoms with E-state index in [0.29, 0.717) is 0 Å². The molecule has 2 atom stereocenters. The summed E-state index contributed by atoms with van der Waals surface area (Å²) >= 11 is 1.31. The molecule has 1 aromatic rings. The van der Waals surface area contributed by atoms with E-state index >= 15 is 0 Å². The van der Waals surface area contributed by atoms with Crippen LogP contribution >= 0.6 is 11.5 Å². The zero-order valence-corrected chi connectivity index (χ0v) is 10.2. The van der Waals surface area contributed by atoms with E-state index in [1.165, 1.54) is 50.2 Å². The zero-order chi connectivity index (χ0) is 11.0. The van der Waals surface area contributed by atoms with Gasteiger partial charge >= 0.3 is 0 Å². The summed E-state index contributed by atoms with van der Waals surface area (Å²) in [5.41, 5.74) is 6.85. The van der Waals surface area contributed by atoms with Crippen LogP contribution in [0.2, 0.25) is 0 Å². The molecule has 0 amide bonds. The van der Waals surface area contributed by atoms with E-state index in [9.17, 15) is 0 Å². The van der Waals surface area contributed by atoms with Crippen molar-refractivity contribution in [3.05, 3.63) is 5.69 Å². The summed E-state index contributed by atoms with van der Waals surface area (Å²) < 4.78 is 3.91. The van der Waals surface area contributed by atoms with Crippen LogP contribution in [-0.4, -0.2) is 27.1 Å². The van der Waals surface area contributed by atoms with Gasteiger partial charge in [-0.05, 0) is 38.1 Å². The predicted octanol–water partition coefficient (Wildman–Crippen LogP) is 1.88. The van der Waals surface area contributed by atoms with Gasteiger partial charge < -0.3 is 5.73 Å². The van der Waals surface area contributed by atoms with Crippen LogP contribution in [0.5, 0.6) is 0 Å². The summed E-state index contributed by atoms with van der Waals surface area (Å²) in [5.74, 6) is 0.932. The highest BCUT2D eigenvalue weighted by Crippen LogP contribution is 2.37. The quantitative estimate of drug-likeness (QED) is 0.855. The van der Waals surface area contributed by atoms with Crippen LogP contribution in [0, 0.1) is 5.92 Å². The van der Waals surface area contributed by atoms with Gasteiger partial charge in [0, 0.05) is 24.1 Å². The number of nitrogens with two attached hydrogens (primary N) is 1. The smallest absolute Gasteiger partial charge is 0.132 e. The summed E-state index contributed by atoms with van der Waals surface area (Å²) in [6.45, 7) is 2.11. The topological polar surface area (TPSA) is 55.0 Å². The van der Waals surface area contributed by atoms with Gasteiger partial charge in [-0.1, -0.05) is 10.9 Å². The molecule has 0 bridgehead atoms. The van der Waals surface area contributed by atoms with Crippen LogP contribution in [0.15, 0.2) is 0 Å². The van der Waals surface area contributed by atoms with Crippen LogP contribution < -0.4 is 5.73 Å². The molecular formula is C11H18N4S. The number of rotatable bonds is 2. The maximum absolute atomic E-state index is 5.86. The molecule has 2 N–H and O–H groups in total. The molecule has 2 fully saturated rings. The molecule has 1 saturated carbocycles. The van der Waals surface area contributed by atoms with Crippen molar-refractivity contribution in [3.8, 4) is 0 Å². The zero-order valence-electron chi connectivity index (χ0n) is 9.43. The molecule has 2 aliphatic rings. The third kappa shape index (κ3) is 1.82. The van der Waals surface area contributed by atoms with Crippen LogP contribution in [0.25, 0.3) is 0 Å². The molecule has 1 aliphatic heterocycles. The summed E-state index contributed by atoms with van der Waals surface area (Å²) in [4.78, 5) is 2.58. The highest BCUT2D eigenvalue weighted by atomic mass is 32.1. The fourth-order valence-corrected chi connectivity index (χ4v) is 3.71. The van der Waals surface area contributed by atoms with Crippen LogP contribution in [0.4, 0.5) is 5.00 Å². The predicted molar refractivity (Wildman–Crippen MR) is 65.1 cm³/mol. The number of nitrogen functional groups attached to an aromatic ring is 1. The number of hydrogen-bond donors (Lipinski definition) is 1. The van der Waals surface area contributed by atoms with Gasteiger partial charge in [0.1, 0.15) is 10.7 Å². The summed E-state index contributed by atoms with van der Waals surface area (Å²) in [5, 5.41) is 4.92. The van der Waals surface area contributed by atoms with Crippen LogP contribution in [0.1, 0.15) is 37.8 Å². The molecule has 5 heteroatoms. The third-order valence-corrected chi connectivity index (χ3v) is 4.64. The molecule has 2 unspecified atom stereocenters. The lowest BCUT2D eigenvalue weighted by atomic mass is 9.92. The number of likely N-dealkylation sites (tertiary alicyclic amines) is 1. The van der Waals surface area contributed by atoms with Crippen molar-refractivity contribution in [2.75, 3.05) is 12.3 Å². The summed E-state index contributed by atoms with van der Waals surface area (Å²) in [7, 11) is 0. The minimum Gasteiger partial charge on any atom is -0.388 e. The van der Waals surface area contributed by atoms with Gasteiger partial charge in [-0.15, -0.1) is 5.10 Å². The lowest BCUT2D eigenvalue weighted by Crippen LogP contribution is -2.42. The fourth-order valence-electron chi connectivity index (χ4n) is 3.27. The Hall–Kier alpha value is -0.680. The van der Waals surface area contributed by atoms with E-state index < -0.39 is 0 Å². The number of anilines is 1. The maximum Gasteiger partial charge on any atom is 0.132 e. The van der Waals surface area contributed by atoms with Gasteiger partial charge in [0.15, 0.2) is 0 Å². The van der Waals surface area contributed by atoms with Gasteiger partial charge in [0.05, 0.1) is 0 Å². The number of hydrogen-bond acceptors (Lipinski definition) is 5. The Morgan fingerprint density at radius 2 is 2.19 bits per heavy atom. The second-order valence-electron chi connectivity index (χ2n) is 4.95. The highest BCUT2D eigenvalue weighted by Gasteiger charge is 2.35. The Morgan fingerprint density at radius 1 is 1.31 bits per heavy atom. The first-order chi connectivity index (χ1) is 7.84. The third-order valence-electron chi connectivity index (χ3n) is 4.05. The second-order valence-corrected chi connectivity index (χ2v) is 5.74. The Kier molecular flexibility index (Phi) is 2.81. The fraction of sp³-hybridized carbons (Fsp3) is 0.818. The van der Waals surface area contributed by atoms with E-state index in [-0.39, 0.29) is 0 Å². The second kappa shape index (κ2) is 4.30. The molecule has 88 valence electrons. The van der Waals surface area contributed by atoms with Crippen molar-refractivity contribution >= 4 is 16.5 Å². The molecule has 4 nitrogen and oxygen atoms in total. The number of fused-ring (bicyclic) bond motifs is 1. The molecule has 1 saturated heterocycles. The largest absolute Gasteiger partial charge is 0.388 e. The average Bonchev–Trinajstić information content (AvgIpc) is 2.89. The molecule has 0 radical (unpaired) electrons. The van der Waals surface area contributed by atoms with E-state index in [4.69, 9.17) is 5.73 Å². The molecule has 3 rings (SSSR count). The van der Waals surface area contributed by atoms with Gasteiger partial charge in [-0.3, -0.25) is 4.90 Å². The van der Waals surface area contributed by atoms with Gasteiger partial charge in [0.2, 0.25) is 0 Å². The molecule has 1 aliphatic carbocycles. The first kappa shape index (κ1) is 10.5. The van der Waals surface area contributed by atoms with Gasteiger partial charge in [-0.2, -0.15) is 0 Å². The standard InChI is InChI=1S/C11H18N4S/c12-11-9(13-14-16-11)7-15-6-2-4-8-3-1-5-10(8)15/h8,10H,1-7,12H2.